The van der Waals surface area contributed by atoms with E-state index >= 15 is 0 Å². The maximum Gasteiger partial charge on any atom is 0.326 e. The molecule has 0 aromatic rings. The van der Waals surface area contributed by atoms with Crippen molar-refractivity contribution in [1.29, 1.82) is 0 Å². The molecule has 0 fully saturated rings. The lowest BCUT2D eigenvalue weighted by atomic mass is 10.0. The van der Waals surface area contributed by atoms with Crippen LogP contribution in [0.5, 0.6) is 0 Å². The topological polar surface area (TPSA) is 214 Å². The van der Waals surface area contributed by atoms with Crippen LogP contribution in [0.25, 0.3) is 0 Å². The number of unbranched alkanes of at least 4 members (excludes halogenated alkanes) is 1. The van der Waals surface area contributed by atoms with Gasteiger partial charge in [-0.25, -0.2) is 4.79 Å². The monoisotopic (exact) mass is 431 g/mol. The third-order valence-electron chi connectivity index (χ3n) is 4.26. The smallest absolute Gasteiger partial charge is 0.326 e. The fraction of sp³-hybridized carbons (Fsp3) is 0.722. The van der Waals surface area contributed by atoms with E-state index < -0.39 is 54.3 Å². The molecule has 12 heteroatoms. The van der Waals surface area contributed by atoms with Crippen molar-refractivity contribution in [2.24, 2.45) is 17.4 Å². The number of rotatable bonds is 15. The summed E-state index contributed by atoms with van der Waals surface area (Å²) in [7, 11) is 0. The first kappa shape index (κ1) is 27.3. The summed E-state index contributed by atoms with van der Waals surface area (Å²) in [6, 6.07) is -3.19. The van der Waals surface area contributed by atoms with E-state index in [1.807, 2.05) is 0 Å². The molecular weight excluding hydrogens is 398 g/mol. The summed E-state index contributed by atoms with van der Waals surface area (Å²) in [4.78, 5) is 58.3. The summed E-state index contributed by atoms with van der Waals surface area (Å²) in [5.41, 5.74) is 11.1. The fourth-order valence-corrected chi connectivity index (χ4v) is 2.48. The Balaban J connectivity index is 4.84. The number of nitrogens with one attached hydrogen (secondary N) is 3. The number of carbonyl (C=O) groups excluding carboxylic acids is 3. The van der Waals surface area contributed by atoms with Crippen LogP contribution in [-0.2, 0) is 24.0 Å². The number of hydrogen-bond acceptors (Lipinski definition) is 7. The van der Waals surface area contributed by atoms with E-state index in [1.165, 1.54) is 0 Å². The predicted octanol–water partition coefficient (Wildman–Crippen LogP) is -1.87. The molecule has 0 saturated heterocycles. The van der Waals surface area contributed by atoms with E-state index in [4.69, 9.17) is 21.7 Å². The van der Waals surface area contributed by atoms with Crippen LogP contribution in [0.4, 0.5) is 0 Å². The molecule has 0 bridgehead atoms. The first-order valence-corrected chi connectivity index (χ1v) is 9.77. The van der Waals surface area contributed by atoms with Gasteiger partial charge in [0.2, 0.25) is 17.7 Å². The number of amides is 3. The van der Waals surface area contributed by atoms with Crippen molar-refractivity contribution in [3.05, 3.63) is 0 Å². The Morgan fingerprint density at radius 1 is 0.933 bits per heavy atom. The van der Waals surface area contributed by atoms with Gasteiger partial charge in [0.05, 0.1) is 12.6 Å². The van der Waals surface area contributed by atoms with Gasteiger partial charge in [-0.15, -0.1) is 0 Å². The molecule has 0 aliphatic rings. The number of hydrogen-bond donors (Lipinski definition) is 7. The summed E-state index contributed by atoms with van der Waals surface area (Å²) >= 11 is 0. The number of carboxylic acid groups (broad SMARTS) is 2. The lowest BCUT2D eigenvalue weighted by molar-refractivity contribution is -0.143. The summed E-state index contributed by atoms with van der Waals surface area (Å²) in [5, 5.41) is 24.9. The van der Waals surface area contributed by atoms with Crippen LogP contribution in [0.2, 0.25) is 0 Å². The molecule has 172 valence electrons. The fourth-order valence-electron chi connectivity index (χ4n) is 2.48. The number of carbonyl (C=O) groups is 5. The molecule has 0 aliphatic heterocycles. The normalized spacial score (nSPS) is 13.8. The quantitative estimate of drug-likeness (QED) is 0.144. The zero-order valence-corrected chi connectivity index (χ0v) is 17.3. The van der Waals surface area contributed by atoms with Crippen molar-refractivity contribution in [3.63, 3.8) is 0 Å². The van der Waals surface area contributed by atoms with E-state index in [-0.39, 0.29) is 25.2 Å². The summed E-state index contributed by atoms with van der Waals surface area (Å²) in [5.74, 6) is -4.64. The summed E-state index contributed by atoms with van der Waals surface area (Å²) in [6.45, 7) is 3.20. The van der Waals surface area contributed by atoms with Gasteiger partial charge < -0.3 is 37.6 Å². The SMILES string of the molecule is CC(C)C(NC(=O)CNC(=O)C(CCCCN)NC(=O)C(N)CCC(=O)O)C(=O)O. The highest BCUT2D eigenvalue weighted by molar-refractivity contribution is 5.92. The van der Waals surface area contributed by atoms with Crippen molar-refractivity contribution < 1.29 is 34.2 Å². The van der Waals surface area contributed by atoms with Gasteiger partial charge in [-0.3, -0.25) is 19.2 Å². The van der Waals surface area contributed by atoms with Gasteiger partial charge >= 0.3 is 11.9 Å². The summed E-state index contributed by atoms with van der Waals surface area (Å²) in [6.07, 6.45) is 0.997. The van der Waals surface area contributed by atoms with Gasteiger partial charge in [-0.1, -0.05) is 13.8 Å². The van der Waals surface area contributed by atoms with Crippen molar-refractivity contribution in [3.8, 4) is 0 Å². The van der Waals surface area contributed by atoms with E-state index in [1.54, 1.807) is 13.8 Å². The highest BCUT2D eigenvalue weighted by Crippen LogP contribution is 2.04. The second-order valence-electron chi connectivity index (χ2n) is 7.23. The Morgan fingerprint density at radius 3 is 2.07 bits per heavy atom. The Hall–Kier alpha value is -2.73. The molecule has 0 spiro atoms. The third-order valence-corrected chi connectivity index (χ3v) is 4.26. The molecule has 12 nitrogen and oxygen atoms in total. The van der Waals surface area contributed by atoms with Crippen LogP contribution in [0.1, 0.15) is 46.0 Å². The second-order valence-corrected chi connectivity index (χ2v) is 7.23. The zero-order chi connectivity index (χ0) is 23.3. The lowest BCUT2D eigenvalue weighted by Gasteiger charge is -2.21. The van der Waals surface area contributed by atoms with Gasteiger partial charge in [-0.05, 0) is 38.1 Å². The molecule has 0 heterocycles. The number of nitrogens with two attached hydrogens (primary N) is 2. The molecule has 0 aromatic heterocycles. The Labute approximate surface area is 175 Å². The molecule has 3 atom stereocenters. The molecule has 0 rings (SSSR count). The minimum Gasteiger partial charge on any atom is -0.481 e. The molecule has 0 radical (unpaired) electrons. The molecule has 30 heavy (non-hydrogen) atoms. The van der Waals surface area contributed by atoms with Crippen LogP contribution in [0.15, 0.2) is 0 Å². The number of carboxylic acids is 2. The van der Waals surface area contributed by atoms with Gasteiger partial charge in [0.15, 0.2) is 0 Å². The molecule has 0 saturated carbocycles. The highest BCUT2D eigenvalue weighted by atomic mass is 16.4. The molecule has 0 aromatic carbocycles. The van der Waals surface area contributed by atoms with Gasteiger partial charge in [-0.2, -0.15) is 0 Å². The maximum absolute atomic E-state index is 12.4. The van der Waals surface area contributed by atoms with Crippen LogP contribution in [-0.4, -0.2) is 71.1 Å². The van der Waals surface area contributed by atoms with Crippen molar-refractivity contribution in [2.45, 2.75) is 64.1 Å². The van der Waals surface area contributed by atoms with Gasteiger partial charge in [0.25, 0.3) is 0 Å². The molecule has 9 N–H and O–H groups in total. The Morgan fingerprint density at radius 2 is 1.57 bits per heavy atom. The van der Waals surface area contributed by atoms with Crippen LogP contribution < -0.4 is 27.4 Å². The minimum atomic E-state index is -1.19. The molecule has 0 aliphatic carbocycles. The predicted molar refractivity (Wildman–Crippen MR) is 107 cm³/mol. The largest absolute Gasteiger partial charge is 0.481 e. The van der Waals surface area contributed by atoms with Gasteiger partial charge in [0.1, 0.15) is 12.1 Å². The van der Waals surface area contributed by atoms with Crippen LogP contribution >= 0.6 is 0 Å². The molecular formula is C18H33N5O7. The third kappa shape index (κ3) is 11.3. The standard InChI is InChI=1S/C18H33N5O7/c1-10(2)15(18(29)30)23-13(24)9-21-17(28)12(5-3-4-8-19)22-16(27)11(20)6-7-14(25)26/h10-12,15H,3-9,19-20H2,1-2H3,(H,21,28)(H,22,27)(H,23,24)(H,25,26)(H,29,30). The van der Waals surface area contributed by atoms with E-state index in [0.29, 0.717) is 19.4 Å². The lowest BCUT2D eigenvalue weighted by Crippen LogP contribution is -2.54. The van der Waals surface area contributed by atoms with Gasteiger partial charge in [0, 0.05) is 6.42 Å². The van der Waals surface area contributed by atoms with E-state index in [0.717, 1.165) is 0 Å². The average Bonchev–Trinajstić information content (AvgIpc) is 2.66. The molecule has 3 unspecified atom stereocenters. The van der Waals surface area contributed by atoms with Crippen molar-refractivity contribution in [1.82, 2.24) is 16.0 Å². The maximum atomic E-state index is 12.4. The second kappa shape index (κ2) is 14.3. The number of aliphatic carboxylic acids is 2. The molecule has 3 amide bonds. The average molecular weight is 431 g/mol. The summed E-state index contributed by atoms with van der Waals surface area (Å²) < 4.78 is 0. The minimum absolute atomic E-state index is 0.0908. The van der Waals surface area contributed by atoms with E-state index in [2.05, 4.69) is 16.0 Å². The Bertz CT molecular complexity index is 612. The highest BCUT2D eigenvalue weighted by Gasteiger charge is 2.26. The van der Waals surface area contributed by atoms with Crippen LogP contribution in [0.3, 0.4) is 0 Å². The zero-order valence-electron chi connectivity index (χ0n) is 17.3. The first-order valence-electron chi connectivity index (χ1n) is 9.77. The van der Waals surface area contributed by atoms with Crippen molar-refractivity contribution >= 4 is 29.7 Å². The van der Waals surface area contributed by atoms with Crippen LogP contribution in [0, 0.1) is 5.92 Å². The first-order chi connectivity index (χ1) is 14.0. The Kier molecular flexibility index (Phi) is 13.0. The van der Waals surface area contributed by atoms with Crippen molar-refractivity contribution in [2.75, 3.05) is 13.1 Å². The van der Waals surface area contributed by atoms with E-state index in [9.17, 15) is 24.0 Å².